The smallest absolute Gasteiger partial charge is 0.400 e. The van der Waals surface area contributed by atoms with Gasteiger partial charge < -0.3 is 47.0 Å². The van der Waals surface area contributed by atoms with Crippen molar-refractivity contribution in [2.24, 2.45) is 5.73 Å². The number of carbonyl (C=O) groups is 6. The highest BCUT2D eigenvalue weighted by molar-refractivity contribution is 7.82. The molecule has 19 nitrogen and oxygen atoms in total. The van der Waals surface area contributed by atoms with E-state index in [1.165, 1.54) is 0 Å². The molecule has 1 unspecified atom stereocenters. The van der Waals surface area contributed by atoms with Gasteiger partial charge in [-0.05, 0) is 0 Å². The molecule has 0 radical (unpaired) electrons. The summed E-state index contributed by atoms with van der Waals surface area (Å²) in [5.74, 6) is -7.75. The van der Waals surface area contributed by atoms with Crippen molar-refractivity contribution in [1.82, 2.24) is 10.6 Å². The third-order valence-electron chi connectivity index (χ3n) is 3.51. The van der Waals surface area contributed by atoms with Gasteiger partial charge in [-0.25, -0.2) is 8.37 Å². The van der Waals surface area contributed by atoms with Crippen LogP contribution in [-0.4, -0.2) is 119 Å². The van der Waals surface area contributed by atoms with Crippen LogP contribution in [0.4, 0.5) is 0 Å². The molecule has 3 atom stereocenters. The number of hydrogen-bond acceptors (Lipinski definition) is 13. The van der Waals surface area contributed by atoms with Gasteiger partial charge in [0.05, 0.1) is 32.5 Å². The zero-order valence-corrected chi connectivity index (χ0v) is 19.2. The summed E-state index contributed by atoms with van der Waals surface area (Å²) in [4.78, 5) is 61.8. The highest BCUT2D eigenvalue weighted by Gasteiger charge is 2.22. The zero-order chi connectivity index (χ0) is 28.5. The lowest BCUT2D eigenvalue weighted by atomic mass is 10.2. The minimum absolute atomic E-state index is 0.0202. The van der Waals surface area contributed by atoms with Crippen LogP contribution in [0.15, 0.2) is 0 Å². The highest BCUT2D eigenvalue weighted by Crippen LogP contribution is 2.02. The quantitative estimate of drug-likeness (QED) is 0.0936. The van der Waals surface area contributed by atoms with Crippen molar-refractivity contribution in [3.05, 3.63) is 0 Å². The molecule has 1 fully saturated rings. The Hall–Kier alpha value is -3.43. The van der Waals surface area contributed by atoms with E-state index >= 15 is 0 Å². The van der Waals surface area contributed by atoms with E-state index in [0.29, 0.717) is 0 Å². The molecule has 1 saturated heterocycles. The van der Waals surface area contributed by atoms with Gasteiger partial charge >= 0.3 is 46.2 Å². The monoisotopic (exact) mass is 549 g/mol. The SMILES string of the molecule is N[C@@H](CC(=O)O)C(=O)O.O=C(O)CC(NCCN[C@@H](CC(=O)O)C(=O)O)C(=O)O.O=S1(=O)OCCO1. The Morgan fingerprint density at radius 3 is 1.17 bits per heavy atom. The Labute approximate surface area is 203 Å². The van der Waals surface area contributed by atoms with Gasteiger partial charge in [0.2, 0.25) is 0 Å². The van der Waals surface area contributed by atoms with Crippen LogP contribution >= 0.6 is 0 Å². The average molecular weight is 549 g/mol. The molecule has 20 heteroatoms. The number of nitrogens with one attached hydrogen (secondary N) is 2. The van der Waals surface area contributed by atoms with Crippen LogP contribution in [0.2, 0.25) is 0 Å². The first kappa shape index (κ1) is 34.7. The fourth-order valence-corrected chi connectivity index (χ4v) is 2.53. The van der Waals surface area contributed by atoms with Crippen molar-refractivity contribution in [2.75, 3.05) is 26.3 Å². The second-order valence-corrected chi connectivity index (χ2v) is 7.77. The topological polar surface area (TPSA) is 326 Å². The Morgan fingerprint density at radius 1 is 0.667 bits per heavy atom. The second kappa shape index (κ2) is 17.9. The van der Waals surface area contributed by atoms with Gasteiger partial charge in [-0.1, -0.05) is 0 Å². The first-order valence-corrected chi connectivity index (χ1v) is 10.9. The number of nitrogens with two attached hydrogens (primary N) is 1. The van der Waals surface area contributed by atoms with Crippen LogP contribution in [0.5, 0.6) is 0 Å². The molecule has 10 N–H and O–H groups in total. The zero-order valence-electron chi connectivity index (χ0n) is 18.4. The van der Waals surface area contributed by atoms with E-state index < -0.39 is 83.6 Å². The predicted octanol–water partition coefficient (Wildman–Crippen LogP) is -3.83. The number of carboxylic acids is 6. The van der Waals surface area contributed by atoms with Crippen LogP contribution in [0, 0.1) is 0 Å². The third kappa shape index (κ3) is 20.0. The fraction of sp³-hybridized carbons (Fsp3) is 0.625. The van der Waals surface area contributed by atoms with E-state index in [1.807, 2.05) is 0 Å². The Kier molecular flexibility index (Phi) is 17.3. The first-order chi connectivity index (χ1) is 16.5. The van der Waals surface area contributed by atoms with Crippen molar-refractivity contribution >= 4 is 46.2 Å². The van der Waals surface area contributed by atoms with Crippen LogP contribution in [0.1, 0.15) is 19.3 Å². The Morgan fingerprint density at radius 2 is 1.00 bits per heavy atom. The summed E-state index contributed by atoms with van der Waals surface area (Å²) < 4.78 is 28.2. The van der Waals surface area contributed by atoms with E-state index in [0.717, 1.165) is 0 Å². The van der Waals surface area contributed by atoms with E-state index in [-0.39, 0.29) is 26.3 Å². The number of carboxylic acid groups (broad SMARTS) is 6. The summed E-state index contributed by atoms with van der Waals surface area (Å²) in [5, 5.41) is 55.3. The van der Waals surface area contributed by atoms with E-state index in [2.05, 4.69) is 19.0 Å². The standard InChI is InChI=1S/C10H16N2O8.C4H7NO4.C2H4O4S/c13-7(14)3-5(9(17)18)11-1-2-12-6(10(19)20)4-8(15)16;5-2(4(8)9)1-3(6)7;3-7(4)5-1-2-6-7/h5-6,11-12H,1-4H2,(H,13,14)(H,15,16)(H,17,18)(H,19,20);2H,1,5H2,(H,6,7)(H,8,9);1-2H2/t5-,6?;2-;/m00./s1. The average Bonchev–Trinajstić information content (AvgIpc) is 3.12. The summed E-state index contributed by atoms with van der Waals surface area (Å²) >= 11 is 0. The summed E-state index contributed by atoms with van der Waals surface area (Å²) in [6.45, 7) is 0.270. The first-order valence-electron chi connectivity index (χ1n) is 9.58. The van der Waals surface area contributed by atoms with E-state index in [9.17, 15) is 37.2 Å². The molecule has 36 heavy (non-hydrogen) atoms. The van der Waals surface area contributed by atoms with Gasteiger partial charge in [-0.3, -0.25) is 28.8 Å². The molecule has 208 valence electrons. The fourth-order valence-electron chi connectivity index (χ4n) is 1.92. The maximum absolute atomic E-state index is 10.7. The molecule has 0 amide bonds. The maximum Gasteiger partial charge on any atom is 0.400 e. The number of aliphatic carboxylic acids is 6. The molecule has 0 aromatic heterocycles. The lowest BCUT2D eigenvalue weighted by Crippen LogP contribution is -2.45. The number of hydrogen-bond donors (Lipinski definition) is 9. The Balaban J connectivity index is 0. The normalized spacial score (nSPS) is 16.0. The van der Waals surface area contributed by atoms with Gasteiger partial charge in [0.15, 0.2) is 0 Å². The van der Waals surface area contributed by atoms with Gasteiger partial charge in [-0.2, -0.15) is 8.42 Å². The minimum Gasteiger partial charge on any atom is -0.481 e. The largest absolute Gasteiger partial charge is 0.481 e. The van der Waals surface area contributed by atoms with Crippen LogP contribution in [-0.2, 0) is 47.5 Å². The van der Waals surface area contributed by atoms with Gasteiger partial charge in [0.25, 0.3) is 0 Å². The summed E-state index contributed by atoms with van der Waals surface area (Å²) in [6.07, 6.45) is -1.77. The summed E-state index contributed by atoms with van der Waals surface area (Å²) in [5.41, 5.74) is 4.84. The molecule has 0 bridgehead atoms. The van der Waals surface area contributed by atoms with Gasteiger partial charge in [0, 0.05) is 13.1 Å². The van der Waals surface area contributed by atoms with E-state index in [1.54, 1.807) is 0 Å². The van der Waals surface area contributed by atoms with Crippen molar-refractivity contribution in [1.29, 1.82) is 0 Å². The molecule has 0 aromatic rings. The lowest BCUT2D eigenvalue weighted by molar-refractivity contribution is -0.146. The molecular formula is C16H27N3O16S. The van der Waals surface area contributed by atoms with Crippen molar-refractivity contribution in [3.8, 4) is 0 Å². The van der Waals surface area contributed by atoms with Crippen molar-refractivity contribution in [2.45, 2.75) is 37.4 Å². The molecule has 0 saturated carbocycles. The maximum atomic E-state index is 10.7. The molecule has 0 aromatic carbocycles. The molecule has 0 spiro atoms. The second-order valence-electron chi connectivity index (χ2n) is 6.48. The van der Waals surface area contributed by atoms with Gasteiger partial charge in [-0.15, -0.1) is 0 Å². The Bertz CT molecular complexity index is 829. The van der Waals surface area contributed by atoms with Crippen LogP contribution in [0.25, 0.3) is 0 Å². The van der Waals surface area contributed by atoms with Crippen LogP contribution in [0.3, 0.4) is 0 Å². The number of rotatable bonds is 14. The minimum atomic E-state index is -3.55. The molecule has 0 aliphatic carbocycles. The molecule has 1 aliphatic heterocycles. The lowest BCUT2D eigenvalue weighted by Gasteiger charge is -2.15. The van der Waals surface area contributed by atoms with Crippen molar-refractivity contribution < 1.29 is 76.2 Å². The summed E-state index contributed by atoms with van der Waals surface area (Å²) in [6, 6.07) is -3.88. The van der Waals surface area contributed by atoms with Crippen molar-refractivity contribution in [3.63, 3.8) is 0 Å². The molecule has 1 heterocycles. The van der Waals surface area contributed by atoms with Crippen LogP contribution < -0.4 is 16.4 Å². The molecular weight excluding hydrogens is 522 g/mol. The van der Waals surface area contributed by atoms with E-state index in [4.69, 9.17) is 36.4 Å². The predicted molar refractivity (Wildman–Crippen MR) is 112 cm³/mol. The highest BCUT2D eigenvalue weighted by atomic mass is 32.3. The molecule has 1 rings (SSSR count). The third-order valence-corrected chi connectivity index (χ3v) is 4.42. The molecule has 1 aliphatic rings. The van der Waals surface area contributed by atoms with Gasteiger partial charge in [0.1, 0.15) is 18.1 Å². The summed E-state index contributed by atoms with van der Waals surface area (Å²) in [7, 11) is -3.55.